The molecule has 1 N–H and O–H groups in total. The van der Waals surface area contributed by atoms with Gasteiger partial charge in [0.25, 0.3) is 0 Å². The summed E-state index contributed by atoms with van der Waals surface area (Å²) in [5.74, 6) is -21.5. The van der Waals surface area contributed by atoms with Crippen LogP contribution in [0, 0.1) is 5.92 Å². The summed E-state index contributed by atoms with van der Waals surface area (Å²) in [4.78, 5) is 11.6. The third-order valence-corrected chi connectivity index (χ3v) is 4.28. The summed E-state index contributed by atoms with van der Waals surface area (Å²) in [7, 11) is 0. The van der Waals surface area contributed by atoms with Crippen LogP contribution in [0.1, 0.15) is 27.2 Å². The lowest BCUT2D eigenvalue weighted by molar-refractivity contribution is -0.535. The molecule has 0 aromatic carbocycles. The van der Waals surface area contributed by atoms with Crippen molar-refractivity contribution in [1.82, 2.24) is 0 Å². The quantitative estimate of drug-likeness (QED) is 0.553. The van der Waals surface area contributed by atoms with E-state index in [9.17, 15) is 48.7 Å². The van der Waals surface area contributed by atoms with Gasteiger partial charge >= 0.3 is 36.0 Å². The number of halogens is 10. The number of hydrogen-bond acceptors (Lipinski definition) is 4. The smallest absolute Gasteiger partial charge is 0.418 e. The zero-order valence-electron chi connectivity index (χ0n) is 13.8. The molecule has 0 aromatic heterocycles. The van der Waals surface area contributed by atoms with Crippen LogP contribution in [0.5, 0.6) is 0 Å². The van der Waals surface area contributed by atoms with Crippen LogP contribution in [0.3, 0.4) is 0 Å². The molecule has 4 nitrogen and oxygen atoms in total. The molecule has 0 bridgehead atoms. The van der Waals surface area contributed by atoms with E-state index in [0.29, 0.717) is 0 Å². The maximum absolute atomic E-state index is 14.1. The Labute approximate surface area is 145 Å². The van der Waals surface area contributed by atoms with Crippen LogP contribution in [-0.4, -0.2) is 52.8 Å². The highest BCUT2D eigenvalue weighted by atomic mass is 19.4. The molecule has 0 radical (unpaired) electrons. The molecule has 4 atom stereocenters. The Hall–Kier alpha value is -1.31. The normalized spacial score (nSPS) is 34.8. The van der Waals surface area contributed by atoms with Crippen molar-refractivity contribution in [2.45, 2.75) is 68.9 Å². The first kappa shape index (κ1) is 23.7. The molecule has 1 fully saturated rings. The lowest BCUT2D eigenvalue weighted by Crippen LogP contribution is -2.82. The Bertz CT molecular complexity index is 587. The number of carbonyl (C=O) groups is 1. The Kier molecular flexibility index (Phi) is 5.59. The minimum Gasteiger partial charge on any atom is -0.418 e. The minimum absolute atomic E-state index is 0.284. The Balaban J connectivity index is 3.77. The predicted molar refractivity (Wildman–Crippen MR) is 65.8 cm³/mol. The molecule has 1 saturated heterocycles. The minimum atomic E-state index is -6.62. The predicted octanol–water partition coefficient (Wildman–Crippen LogP) is 3.82. The van der Waals surface area contributed by atoms with Crippen LogP contribution in [0.25, 0.3) is 0 Å². The molecular formula is C13H14F10O4. The molecule has 160 valence electrons. The van der Waals surface area contributed by atoms with Gasteiger partial charge in [-0.1, -0.05) is 13.8 Å². The third kappa shape index (κ3) is 3.13. The van der Waals surface area contributed by atoms with Gasteiger partial charge in [0.05, 0.1) is 5.92 Å². The number of carbonyl (C=O) groups excluding carboxylic acids is 1. The van der Waals surface area contributed by atoms with Gasteiger partial charge in [-0.2, -0.15) is 43.9 Å². The fourth-order valence-corrected chi connectivity index (χ4v) is 2.14. The fraction of sp³-hybridized carbons (Fsp3) is 0.923. The first-order chi connectivity index (χ1) is 11.7. The lowest BCUT2D eigenvalue weighted by atomic mass is 9.81. The van der Waals surface area contributed by atoms with E-state index in [1.807, 2.05) is 0 Å². The fourth-order valence-electron chi connectivity index (χ4n) is 2.14. The van der Waals surface area contributed by atoms with Crippen molar-refractivity contribution in [1.29, 1.82) is 0 Å². The SMILES string of the molecule is CCC(C)C(=O)OC1(C(F)(F)F)OC(C)(C(F)(F)F)C(F)(F)C(O)C1(F)F. The number of rotatable bonds is 3. The van der Waals surface area contributed by atoms with Gasteiger partial charge in [-0.15, -0.1) is 0 Å². The van der Waals surface area contributed by atoms with Crippen molar-refractivity contribution in [2.75, 3.05) is 0 Å². The van der Waals surface area contributed by atoms with Gasteiger partial charge in [0, 0.05) is 0 Å². The summed E-state index contributed by atoms with van der Waals surface area (Å²) in [6.07, 6.45) is -18.1. The van der Waals surface area contributed by atoms with Gasteiger partial charge in [-0.05, 0) is 13.3 Å². The Morgan fingerprint density at radius 1 is 1.07 bits per heavy atom. The number of alkyl halides is 10. The number of aliphatic hydroxyl groups is 1. The summed E-state index contributed by atoms with van der Waals surface area (Å²) in [6, 6.07) is 0. The highest BCUT2D eigenvalue weighted by Gasteiger charge is 2.91. The topological polar surface area (TPSA) is 55.8 Å². The van der Waals surface area contributed by atoms with E-state index < -0.39 is 60.5 Å². The molecule has 1 aliphatic rings. The van der Waals surface area contributed by atoms with E-state index in [1.54, 1.807) is 0 Å². The Morgan fingerprint density at radius 2 is 1.52 bits per heavy atom. The standard InChI is InChI=1S/C13H14F10O4/c1-4-5(2)6(24)26-11(13(21,22)23)10(16,17)7(25)9(14,15)8(3,27-11)12(18,19)20/h5,7,25H,4H2,1-3H3. The van der Waals surface area contributed by atoms with Crippen LogP contribution >= 0.6 is 0 Å². The largest absolute Gasteiger partial charge is 0.462 e. The summed E-state index contributed by atoms with van der Waals surface area (Å²) in [5.41, 5.74) is -5.26. The molecule has 1 aliphatic heterocycles. The zero-order valence-corrected chi connectivity index (χ0v) is 13.8. The van der Waals surface area contributed by atoms with Gasteiger partial charge in [-0.25, -0.2) is 0 Å². The van der Waals surface area contributed by atoms with E-state index >= 15 is 0 Å². The van der Waals surface area contributed by atoms with Crippen molar-refractivity contribution < 1.29 is 63.3 Å². The van der Waals surface area contributed by atoms with Crippen molar-refractivity contribution in [2.24, 2.45) is 5.92 Å². The van der Waals surface area contributed by atoms with Crippen LogP contribution < -0.4 is 0 Å². The average Bonchev–Trinajstić information content (AvgIpc) is 2.48. The van der Waals surface area contributed by atoms with E-state index in [1.165, 1.54) is 6.92 Å². The second-order valence-corrected chi connectivity index (χ2v) is 6.13. The van der Waals surface area contributed by atoms with E-state index in [-0.39, 0.29) is 6.42 Å². The summed E-state index contributed by atoms with van der Waals surface area (Å²) < 4.78 is 142. The maximum atomic E-state index is 14.1. The van der Waals surface area contributed by atoms with Crippen LogP contribution in [-0.2, 0) is 14.3 Å². The zero-order chi connectivity index (χ0) is 21.9. The van der Waals surface area contributed by atoms with Crippen LogP contribution in [0.15, 0.2) is 0 Å². The molecule has 0 aliphatic carbocycles. The molecule has 4 unspecified atom stereocenters. The van der Waals surface area contributed by atoms with Crippen molar-refractivity contribution >= 4 is 5.97 Å². The molecule has 1 rings (SSSR count). The van der Waals surface area contributed by atoms with E-state index in [0.717, 1.165) is 6.92 Å². The van der Waals surface area contributed by atoms with Gasteiger partial charge < -0.3 is 14.6 Å². The Morgan fingerprint density at radius 3 is 1.85 bits per heavy atom. The van der Waals surface area contributed by atoms with Crippen molar-refractivity contribution in [3.8, 4) is 0 Å². The second kappa shape index (κ2) is 6.36. The number of aliphatic hydroxyl groups excluding tert-OH is 1. The summed E-state index contributed by atoms with van der Waals surface area (Å²) in [5, 5.41) is 9.10. The molecule has 0 amide bonds. The van der Waals surface area contributed by atoms with E-state index in [2.05, 4.69) is 9.47 Å². The highest BCUT2D eigenvalue weighted by Crippen LogP contribution is 2.62. The first-order valence-corrected chi connectivity index (χ1v) is 7.23. The van der Waals surface area contributed by atoms with Crippen LogP contribution in [0.2, 0.25) is 0 Å². The first-order valence-electron chi connectivity index (χ1n) is 7.23. The van der Waals surface area contributed by atoms with E-state index in [4.69, 9.17) is 5.11 Å². The molecule has 27 heavy (non-hydrogen) atoms. The van der Waals surface area contributed by atoms with Gasteiger partial charge in [0.1, 0.15) is 0 Å². The second-order valence-electron chi connectivity index (χ2n) is 6.13. The van der Waals surface area contributed by atoms with Crippen molar-refractivity contribution in [3.63, 3.8) is 0 Å². The number of hydrogen-bond donors (Lipinski definition) is 1. The van der Waals surface area contributed by atoms with Gasteiger partial charge in [0.2, 0.25) is 5.60 Å². The number of ether oxygens (including phenoxy) is 2. The molecule has 14 heteroatoms. The third-order valence-electron chi connectivity index (χ3n) is 4.28. The molecule has 0 saturated carbocycles. The highest BCUT2D eigenvalue weighted by molar-refractivity contribution is 5.72. The monoisotopic (exact) mass is 424 g/mol. The molecule has 1 heterocycles. The molecule has 0 aromatic rings. The molecular weight excluding hydrogens is 410 g/mol. The van der Waals surface area contributed by atoms with Crippen molar-refractivity contribution in [3.05, 3.63) is 0 Å². The van der Waals surface area contributed by atoms with Gasteiger partial charge in [-0.3, -0.25) is 4.79 Å². The van der Waals surface area contributed by atoms with Crippen LogP contribution in [0.4, 0.5) is 43.9 Å². The summed E-state index contributed by atoms with van der Waals surface area (Å²) in [6.45, 7) is 1.43. The molecule has 0 spiro atoms. The summed E-state index contributed by atoms with van der Waals surface area (Å²) >= 11 is 0. The maximum Gasteiger partial charge on any atom is 0.462 e. The van der Waals surface area contributed by atoms with Gasteiger partial charge in [0.15, 0.2) is 6.10 Å². The number of esters is 1. The lowest BCUT2D eigenvalue weighted by Gasteiger charge is -2.54. The average molecular weight is 424 g/mol.